The molecule has 0 heterocycles. The lowest BCUT2D eigenvalue weighted by Crippen LogP contribution is -2.11. The summed E-state index contributed by atoms with van der Waals surface area (Å²) < 4.78 is 33.8. The molecule has 0 spiro atoms. The number of ether oxygens (including phenoxy) is 6. The van der Waals surface area contributed by atoms with Gasteiger partial charge in [0.05, 0.1) is 45.8 Å². The molecule has 380 valence electrons. The monoisotopic (exact) mass is 989 g/mol. The average Bonchev–Trinajstić information content (AvgIpc) is 3.40. The Balaban J connectivity index is 0.956. The zero-order chi connectivity index (χ0) is 51.6. The van der Waals surface area contributed by atoms with Crippen LogP contribution in [-0.4, -0.2) is 42.0 Å². The first kappa shape index (κ1) is 54.3. The number of allylic oxidation sites excluding steroid dienone is 2. The van der Waals surface area contributed by atoms with Crippen molar-refractivity contribution in [3.8, 4) is 34.5 Å². The van der Waals surface area contributed by atoms with Crippen LogP contribution in [0.15, 0.2) is 153 Å². The summed E-state index contributed by atoms with van der Waals surface area (Å²) in [6, 6.07) is 31.9. The Bertz CT molecular complexity index is 2760. The van der Waals surface area contributed by atoms with Crippen LogP contribution in [0.2, 0.25) is 0 Å². The summed E-state index contributed by atoms with van der Waals surface area (Å²) in [5, 5.41) is 12.9. The standard InChI is InChI=1S/C60H63NO12/c1-3-5-7-9-11-13-15-17-19-41-68-49-31-22-45(23-32-49)57(62)70-51-35-26-47(27-36-51)59(64)72-53-39-21-44-30-40-55(56(61(66)67)54(44)43-53)73-60(65)48-28-37-52(38-29-48)71-58(63)46-24-33-50(34-25-46)69-42-20-18-16-14-12-10-8-6-4-2/h3-4,21-40,43H,1-2,5-20,41-42H2. The van der Waals surface area contributed by atoms with E-state index in [1.54, 1.807) is 48.5 Å². The van der Waals surface area contributed by atoms with Crippen LogP contribution >= 0.6 is 0 Å². The molecule has 0 N–H and O–H groups in total. The van der Waals surface area contributed by atoms with Crippen LogP contribution in [0.1, 0.15) is 144 Å². The van der Waals surface area contributed by atoms with E-state index in [2.05, 4.69) is 13.2 Å². The Morgan fingerprint density at radius 3 is 1.14 bits per heavy atom. The molecule has 0 atom stereocenters. The van der Waals surface area contributed by atoms with Crippen molar-refractivity contribution in [3.63, 3.8) is 0 Å². The van der Waals surface area contributed by atoms with Crippen molar-refractivity contribution in [2.45, 2.75) is 103 Å². The number of nitrogens with zero attached hydrogens (tertiary/aromatic N) is 1. The van der Waals surface area contributed by atoms with Crippen LogP contribution in [0.4, 0.5) is 5.69 Å². The molecule has 6 rings (SSSR count). The minimum absolute atomic E-state index is 0.00528. The summed E-state index contributed by atoms with van der Waals surface area (Å²) >= 11 is 0. The van der Waals surface area contributed by atoms with Crippen LogP contribution in [0, 0.1) is 10.1 Å². The second-order valence-corrected chi connectivity index (χ2v) is 17.5. The molecule has 73 heavy (non-hydrogen) atoms. The molecule has 0 amide bonds. The highest BCUT2D eigenvalue weighted by Gasteiger charge is 2.24. The number of hydrogen-bond acceptors (Lipinski definition) is 12. The van der Waals surface area contributed by atoms with E-state index in [1.807, 2.05) is 12.2 Å². The van der Waals surface area contributed by atoms with Gasteiger partial charge in [-0.15, -0.1) is 13.2 Å². The zero-order valence-corrected chi connectivity index (χ0v) is 41.3. The van der Waals surface area contributed by atoms with Crippen molar-refractivity contribution in [1.82, 2.24) is 0 Å². The topological polar surface area (TPSA) is 167 Å². The van der Waals surface area contributed by atoms with Gasteiger partial charge in [-0.1, -0.05) is 88.5 Å². The van der Waals surface area contributed by atoms with E-state index in [0.29, 0.717) is 41.2 Å². The summed E-state index contributed by atoms with van der Waals surface area (Å²) in [6.07, 6.45) is 22.4. The molecule has 0 unspecified atom stereocenters. The van der Waals surface area contributed by atoms with Gasteiger partial charge < -0.3 is 28.4 Å². The molecule has 0 aliphatic carbocycles. The maximum absolute atomic E-state index is 13.3. The molecule has 13 nitrogen and oxygen atoms in total. The summed E-state index contributed by atoms with van der Waals surface area (Å²) in [4.78, 5) is 63.9. The molecule has 0 aliphatic heterocycles. The highest BCUT2D eigenvalue weighted by molar-refractivity contribution is 5.99. The van der Waals surface area contributed by atoms with E-state index in [-0.39, 0.29) is 39.5 Å². The fraction of sp³-hybridized carbons (Fsp3) is 0.300. The Morgan fingerprint density at radius 1 is 0.411 bits per heavy atom. The molecule has 0 bridgehead atoms. The minimum atomic E-state index is -0.896. The highest BCUT2D eigenvalue weighted by Crippen LogP contribution is 2.38. The maximum atomic E-state index is 13.3. The van der Waals surface area contributed by atoms with Crippen LogP contribution in [0.25, 0.3) is 10.8 Å². The Hall–Kier alpha value is -8.06. The number of unbranched alkanes of at least 4 members (excludes halogenated alkanes) is 14. The van der Waals surface area contributed by atoms with Gasteiger partial charge in [0.2, 0.25) is 5.75 Å². The van der Waals surface area contributed by atoms with Gasteiger partial charge in [-0.05, 0) is 159 Å². The Kier molecular flexibility index (Phi) is 21.8. The fourth-order valence-corrected chi connectivity index (χ4v) is 7.88. The van der Waals surface area contributed by atoms with E-state index in [0.717, 1.165) is 38.5 Å². The van der Waals surface area contributed by atoms with Gasteiger partial charge in [-0.3, -0.25) is 10.1 Å². The van der Waals surface area contributed by atoms with Gasteiger partial charge in [0, 0.05) is 0 Å². The molecule has 13 heteroatoms. The lowest BCUT2D eigenvalue weighted by Gasteiger charge is -2.10. The number of nitro benzene ring substituents is 1. The third kappa shape index (κ3) is 17.6. The summed E-state index contributed by atoms with van der Waals surface area (Å²) in [5.74, 6) is -1.52. The van der Waals surface area contributed by atoms with Gasteiger partial charge >= 0.3 is 29.6 Å². The predicted molar refractivity (Wildman–Crippen MR) is 281 cm³/mol. The number of fused-ring (bicyclic) bond motifs is 1. The number of esters is 4. The van der Waals surface area contributed by atoms with E-state index >= 15 is 0 Å². The van der Waals surface area contributed by atoms with Gasteiger partial charge in [-0.25, -0.2) is 19.2 Å². The SMILES string of the molecule is C=CCCCCCCCCCOc1ccc(C(=O)Oc2ccc(C(=O)Oc3ccc4ccc(OC(=O)c5ccc(OC(=O)c6ccc(OCCCCCCCCCC=C)cc6)cc5)c([N+](=O)[O-])c4c3)cc2)cc1. The number of nitro groups is 1. The Labute approximate surface area is 426 Å². The molecule has 0 aliphatic rings. The highest BCUT2D eigenvalue weighted by atomic mass is 16.6. The first-order chi connectivity index (χ1) is 35.6. The van der Waals surface area contributed by atoms with Gasteiger partial charge in [0.25, 0.3) is 0 Å². The lowest BCUT2D eigenvalue weighted by molar-refractivity contribution is -0.383. The number of carbonyl (C=O) groups is 4. The largest absolute Gasteiger partial charge is 0.494 e. The zero-order valence-electron chi connectivity index (χ0n) is 41.3. The van der Waals surface area contributed by atoms with E-state index in [9.17, 15) is 29.3 Å². The van der Waals surface area contributed by atoms with Crippen molar-refractivity contribution in [3.05, 3.63) is 185 Å². The van der Waals surface area contributed by atoms with Gasteiger partial charge in [0.15, 0.2) is 0 Å². The van der Waals surface area contributed by atoms with Crippen LogP contribution in [0.3, 0.4) is 0 Å². The van der Waals surface area contributed by atoms with Crippen LogP contribution in [0.5, 0.6) is 34.5 Å². The molecule has 0 aromatic heterocycles. The van der Waals surface area contributed by atoms with Crippen LogP contribution in [-0.2, 0) is 0 Å². The second-order valence-electron chi connectivity index (χ2n) is 17.5. The maximum Gasteiger partial charge on any atom is 0.343 e. The summed E-state index contributed by atoms with van der Waals surface area (Å²) in [5.41, 5.74) is 0.281. The third-order valence-electron chi connectivity index (χ3n) is 11.9. The summed E-state index contributed by atoms with van der Waals surface area (Å²) in [7, 11) is 0. The van der Waals surface area contributed by atoms with Crippen molar-refractivity contribution in [2.24, 2.45) is 0 Å². The normalized spacial score (nSPS) is 10.8. The Morgan fingerprint density at radius 2 is 0.740 bits per heavy atom. The summed E-state index contributed by atoms with van der Waals surface area (Å²) in [6.45, 7) is 8.71. The van der Waals surface area contributed by atoms with Crippen molar-refractivity contribution in [1.29, 1.82) is 0 Å². The van der Waals surface area contributed by atoms with Crippen molar-refractivity contribution < 1.29 is 52.5 Å². The minimum Gasteiger partial charge on any atom is -0.494 e. The van der Waals surface area contributed by atoms with Gasteiger partial charge in [0.1, 0.15) is 28.7 Å². The quantitative estimate of drug-likeness (QED) is 0.0101. The molecule has 6 aromatic carbocycles. The first-order valence-corrected chi connectivity index (χ1v) is 25.1. The van der Waals surface area contributed by atoms with Crippen molar-refractivity contribution in [2.75, 3.05) is 13.2 Å². The molecule has 6 aromatic rings. The first-order valence-electron chi connectivity index (χ1n) is 25.1. The van der Waals surface area contributed by atoms with Gasteiger partial charge in [-0.2, -0.15) is 0 Å². The molecule has 0 radical (unpaired) electrons. The second kappa shape index (κ2) is 29.3. The molecule has 0 saturated heterocycles. The molecular formula is C60H63NO12. The van der Waals surface area contributed by atoms with Crippen LogP contribution < -0.4 is 28.4 Å². The fourth-order valence-electron chi connectivity index (χ4n) is 7.88. The number of carbonyl (C=O) groups excluding carboxylic acids is 4. The lowest BCUT2D eigenvalue weighted by atomic mass is 10.1. The molecule has 0 fully saturated rings. The third-order valence-corrected chi connectivity index (χ3v) is 11.9. The smallest absolute Gasteiger partial charge is 0.343 e. The number of benzene rings is 6. The number of rotatable bonds is 31. The average molecular weight is 990 g/mol. The van der Waals surface area contributed by atoms with E-state index < -0.39 is 34.5 Å². The molecule has 0 saturated carbocycles. The van der Waals surface area contributed by atoms with E-state index in [4.69, 9.17) is 28.4 Å². The van der Waals surface area contributed by atoms with Crippen molar-refractivity contribution >= 4 is 40.3 Å². The number of hydrogen-bond donors (Lipinski definition) is 0. The molecular weight excluding hydrogens is 927 g/mol. The predicted octanol–water partition coefficient (Wildman–Crippen LogP) is 15.0. The van der Waals surface area contributed by atoms with E-state index in [1.165, 1.54) is 143 Å².